The molecule has 8 heteroatoms. The van der Waals surface area contributed by atoms with Gasteiger partial charge >= 0.3 is 0 Å². The number of amides is 1. The van der Waals surface area contributed by atoms with E-state index in [2.05, 4.69) is 5.32 Å². The number of ether oxygens (including phenoxy) is 2. The van der Waals surface area contributed by atoms with Crippen molar-refractivity contribution in [2.24, 2.45) is 0 Å². The fourth-order valence-corrected chi connectivity index (χ4v) is 4.78. The second-order valence-corrected chi connectivity index (χ2v) is 9.49. The first-order valence-electron chi connectivity index (χ1n) is 11.9. The minimum Gasteiger partial charge on any atom is -0.486 e. The van der Waals surface area contributed by atoms with Crippen LogP contribution in [0, 0.1) is 0 Å². The second kappa shape index (κ2) is 10.9. The van der Waals surface area contributed by atoms with E-state index in [4.69, 9.17) is 14.5 Å². The van der Waals surface area contributed by atoms with Crippen LogP contribution in [-0.2, 0) is 6.54 Å². The SMILES string of the molecule is CSCC[C@H](NC(=O)c1ccccc1)c1nc2ccccc2n1CC(=O)c1ccc2c(c1)OCCO2. The molecule has 4 aromatic rings. The summed E-state index contributed by atoms with van der Waals surface area (Å²) in [5, 5.41) is 3.16. The molecule has 0 bridgehead atoms. The van der Waals surface area contributed by atoms with E-state index < -0.39 is 0 Å². The lowest BCUT2D eigenvalue weighted by molar-refractivity contribution is 0.0933. The molecule has 36 heavy (non-hydrogen) atoms. The highest BCUT2D eigenvalue weighted by Crippen LogP contribution is 2.31. The first-order chi connectivity index (χ1) is 17.6. The average molecular weight is 502 g/mol. The highest BCUT2D eigenvalue weighted by molar-refractivity contribution is 7.98. The van der Waals surface area contributed by atoms with Crippen LogP contribution in [0.5, 0.6) is 11.5 Å². The molecule has 0 saturated carbocycles. The number of fused-ring (bicyclic) bond motifs is 2. The fourth-order valence-electron chi connectivity index (χ4n) is 4.31. The molecule has 184 valence electrons. The molecule has 5 rings (SSSR count). The van der Waals surface area contributed by atoms with Crippen LogP contribution in [-0.4, -0.2) is 46.5 Å². The van der Waals surface area contributed by atoms with Gasteiger partial charge in [0.1, 0.15) is 19.0 Å². The van der Waals surface area contributed by atoms with Gasteiger partial charge in [0.25, 0.3) is 5.91 Å². The van der Waals surface area contributed by atoms with Gasteiger partial charge in [0, 0.05) is 11.1 Å². The molecule has 1 N–H and O–H groups in total. The van der Waals surface area contributed by atoms with Crippen LogP contribution < -0.4 is 14.8 Å². The van der Waals surface area contributed by atoms with Gasteiger partial charge in [0.15, 0.2) is 17.3 Å². The van der Waals surface area contributed by atoms with E-state index in [1.165, 1.54) is 0 Å². The van der Waals surface area contributed by atoms with Gasteiger partial charge in [-0.25, -0.2) is 4.98 Å². The van der Waals surface area contributed by atoms with Gasteiger partial charge in [-0.05, 0) is 60.9 Å². The topological polar surface area (TPSA) is 82.5 Å². The zero-order valence-corrected chi connectivity index (χ0v) is 20.8. The summed E-state index contributed by atoms with van der Waals surface area (Å²) in [6.45, 7) is 1.04. The number of para-hydroxylation sites is 2. The zero-order valence-electron chi connectivity index (χ0n) is 20.0. The Morgan fingerprint density at radius 1 is 0.972 bits per heavy atom. The van der Waals surface area contributed by atoms with Gasteiger partial charge in [-0.3, -0.25) is 9.59 Å². The molecule has 1 aliphatic heterocycles. The Morgan fingerprint density at radius 2 is 1.72 bits per heavy atom. The lowest BCUT2D eigenvalue weighted by Gasteiger charge is -2.21. The smallest absolute Gasteiger partial charge is 0.251 e. The Balaban J connectivity index is 1.49. The third kappa shape index (κ3) is 5.09. The van der Waals surface area contributed by atoms with Crippen molar-refractivity contribution in [1.82, 2.24) is 14.9 Å². The summed E-state index contributed by atoms with van der Waals surface area (Å²) in [5.41, 5.74) is 2.76. The van der Waals surface area contributed by atoms with E-state index >= 15 is 0 Å². The number of Topliss-reactive ketones (excluding diaryl/α,β-unsaturated/α-hetero) is 1. The standard InChI is InChI=1S/C28H27N3O4S/c1-36-16-13-22(30-28(33)19-7-3-2-4-8-19)27-29-21-9-5-6-10-23(21)31(27)18-24(32)20-11-12-25-26(17-20)35-15-14-34-25/h2-12,17,22H,13-16,18H2,1H3,(H,30,33)/t22-/m0/s1. The van der Waals surface area contributed by atoms with Crippen LogP contribution in [0.3, 0.4) is 0 Å². The number of hydrogen-bond donors (Lipinski definition) is 1. The van der Waals surface area contributed by atoms with E-state index in [9.17, 15) is 9.59 Å². The number of carbonyl (C=O) groups is 2. The van der Waals surface area contributed by atoms with E-state index in [1.807, 2.05) is 53.3 Å². The largest absolute Gasteiger partial charge is 0.486 e. The van der Waals surface area contributed by atoms with Crippen LogP contribution in [0.1, 0.15) is 39.0 Å². The summed E-state index contributed by atoms with van der Waals surface area (Å²) in [6, 6.07) is 21.8. The zero-order chi connectivity index (χ0) is 24.9. The van der Waals surface area contributed by atoms with Crippen molar-refractivity contribution >= 4 is 34.5 Å². The van der Waals surface area contributed by atoms with E-state index in [-0.39, 0.29) is 24.3 Å². The molecule has 0 aliphatic carbocycles. The Labute approximate surface area is 213 Å². The summed E-state index contributed by atoms with van der Waals surface area (Å²) in [6.07, 6.45) is 2.71. The molecule has 1 aromatic heterocycles. The Bertz CT molecular complexity index is 1390. The quantitative estimate of drug-likeness (QED) is 0.328. The van der Waals surface area contributed by atoms with Crippen LogP contribution in [0.25, 0.3) is 11.0 Å². The maximum Gasteiger partial charge on any atom is 0.251 e. The maximum atomic E-state index is 13.4. The Morgan fingerprint density at radius 3 is 2.53 bits per heavy atom. The number of thioether (sulfide) groups is 1. The molecule has 0 spiro atoms. The lowest BCUT2D eigenvalue weighted by Crippen LogP contribution is -2.31. The number of benzene rings is 3. The van der Waals surface area contributed by atoms with E-state index in [0.717, 1.165) is 16.8 Å². The molecule has 2 heterocycles. The third-order valence-electron chi connectivity index (χ3n) is 6.11. The van der Waals surface area contributed by atoms with Gasteiger partial charge in [0.05, 0.1) is 23.6 Å². The molecule has 0 saturated heterocycles. The van der Waals surface area contributed by atoms with Crippen LogP contribution in [0.15, 0.2) is 72.8 Å². The van der Waals surface area contributed by atoms with Crippen LogP contribution >= 0.6 is 11.8 Å². The number of imidazole rings is 1. The van der Waals surface area contributed by atoms with Crippen molar-refractivity contribution in [3.8, 4) is 11.5 Å². The number of aromatic nitrogens is 2. The minimum atomic E-state index is -0.356. The minimum absolute atomic E-state index is 0.0746. The van der Waals surface area contributed by atoms with Gasteiger partial charge in [-0.1, -0.05) is 30.3 Å². The van der Waals surface area contributed by atoms with Gasteiger partial charge in [0.2, 0.25) is 0 Å². The lowest BCUT2D eigenvalue weighted by atomic mass is 10.1. The van der Waals surface area contributed by atoms with Crippen molar-refractivity contribution in [2.75, 3.05) is 25.2 Å². The van der Waals surface area contributed by atoms with E-state index in [1.54, 1.807) is 42.1 Å². The molecule has 0 fully saturated rings. The monoisotopic (exact) mass is 501 g/mol. The number of nitrogens with zero attached hydrogens (tertiary/aromatic N) is 2. The van der Waals surface area contributed by atoms with Crippen molar-refractivity contribution in [2.45, 2.75) is 19.0 Å². The van der Waals surface area contributed by atoms with E-state index in [0.29, 0.717) is 48.1 Å². The first kappa shape index (κ1) is 23.9. The van der Waals surface area contributed by atoms with Gasteiger partial charge in [-0.2, -0.15) is 11.8 Å². The molecule has 3 aromatic carbocycles. The summed E-state index contributed by atoms with van der Waals surface area (Å²) in [4.78, 5) is 31.4. The Kier molecular flexibility index (Phi) is 7.23. The molecular formula is C28H27N3O4S. The summed E-state index contributed by atoms with van der Waals surface area (Å²) in [5.74, 6) is 2.48. The molecule has 0 radical (unpaired) electrons. The normalized spacial score (nSPS) is 13.4. The molecule has 7 nitrogen and oxygen atoms in total. The first-order valence-corrected chi connectivity index (χ1v) is 13.3. The number of hydrogen-bond acceptors (Lipinski definition) is 6. The summed E-state index contributed by atoms with van der Waals surface area (Å²) in [7, 11) is 0. The number of carbonyl (C=O) groups excluding carboxylic acids is 2. The Hall–Kier alpha value is -3.78. The molecular weight excluding hydrogens is 474 g/mol. The predicted molar refractivity (Wildman–Crippen MR) is 141 cm³/mol. The van der Waals surface area contributed by atoms with Gasteiger partial charge < -0.3 is 19.4 Å². The average Bonchev–Trinajstić information content (AvgIpc) is 3.29. The predicted octanol–water partition coefficient (Wildman–Crippen LogP) is 4.91. The number of rotatable bonds is 9. The molecule has 0 unspecified atom stereocenters. The summed E-state index contributed by atoms with van der Waals surface area (Å²) >= 11 is 1.70. The maximum absolute atomic E-state index is 13.4. The molecule has 1 atom stereocenters. The van der Waals surface area contributed by atoms with Crippen molar-refractivity contribution in [1.29, 1.82) is 0 Å². The number of nitrogens with one attached hydrogen (secondary N) is 1. The number of ketones is 1. The van der Waals surface area contributed by atoms with Gasteiger partial charge in [-0.15, -0.1) is 0 Å². The van der Waals surface area contributed by atoms with Crippen molar-refractivity contribution < 1.29 is 19.1 Å². The highest BCUT2D eigenvalue weighted by Gasteiger charge is 2.24. The molecule has 1 aliphatic rings. The molecule has 1 amide bonds. The third-order valence-corrected chi connectivity index (χ3v) is 6.76. The van der Waals surface area contributed by atoms with Crippen molar-refractivity contribution in [3.63, 3.8) is 0 Å². The van der Waals surface area contributed by atoms with Crippen LogP contribution in [0.4, 0.5) is 0 Å². The van der Waals surface area contributed by atoms with Crippen LogP contribution in [0.2, 0.25) is 0 Å². The van der Waals surface area contributed by atoms with Crippen molar-refractivity contribution in [3.05, 3.63) is 89.7 Å². The fraction of sp³-hybridized carbons (Fsp3) is 0.250. The summed E-state index contributed by atoms with van der Waals surface area (Å²) < 4.78 is 13.2. The second-order valence-electron chi connectivity index (χ2n) is 8.50. The highest BCUT2D eigenvalue weighted by atomic mass is 32.2.